The first-order valence-electron chi connectivity index (χ1n) is 8.51. The number of nitrogens with zero attached hydrogens (tertiary/aromatic N) is 1. The average Bonchev–Trinajstić information content (AvgIpc) is 3.20. The molecule has 0 aliphatic rings. The Morgan fingerprint density at radius 2 is 1.96 bits per heavy atom. The molecule has 0 aliphatic carbocycles. The van der Waals surface area contributed by atoms with Gasteiger partial charge in [0, 0.05) is 27.9 Å². The van der Waals surface area contributed by atoms with Crippen LogP contribution in [0.5, 0.6) is 0 Å². The SMILES string of the molecule is CCc1cc(-c2ccc(S(=O)(=O)NCc3ccccn3)s2)c(C)[nH]c1=O.CI. The highest BCUT2D eigenvalue weighted by Crippen LogP contribution is 2.32. The molecule has 0 spiro atoms. The molecule has 6 nitrogen and oxygen atoms in total. The van der Waals surface area contributed by atoms with Crippen molar-refractivity contribution in [2.24, 2.45) is 0 Å². The largest absolute Gasteiger partial charge is 0.326 e. The number of aromatic amines is 1. The maximum Gasteiger partial charge on any atom is 0.251 e. The first-order chi connectivity index (χ1) is 13.4. The number of hydrogen-bond donors (Lipinski definition) is 2. The van der Waals surface area contributed by atoms with Gasteiger partial charge in [-0.25, -0.2) is 13.1 Å². The van der Waals surface area contributed by atoms with Crippen molar-refractivity contribution in [1.82, 2.24) is 14.7 Å². The second-order valence-electron chi connectivity index (χ2n) is 5.78. The lowest BCUT2D eigenvalue weighted by Crippen LogP contribution is -2.22. The van der Waals surface area contributed by atoms with Crippen LogP contribution in [0.2, 0.25) is 0 Å². The molecule has 3 aromatic heterocycles. The van der Waals surface area contributed by atoms with Gasteiger partial charge >= 0.3 is 0 Å². The maximum absolute atomic E-state index is 12.5. The zero-order chi connectivity index (χ0) is 20.7. The van der Waals surface area contributed by atoms with Crippen LogP contribution in [0.4, 0.5) is 0 Å². The van der Waals surface area contributed by atoms with E-state index >= 15 is 0 Å². The van der Waals surface area contributed by atoms with Crippen LogP contribution in [0.1, 0.15) is 23.9 Å². The van der Waals surface area contributed by atoms with Crippen molar-refractivity contribution >= 4 is 44.0 Å². The predicted molar refractivity (Wildman–Crippen MR) is 123 cm³/mol. The zero-order valence-corrected chi connectivity index (χ0v) is 19.6. The quantitative estimate of drug-likeness (QED) is 0.373. The highest BCUT2D eigenvalue weighted by atomic mass is 127. The van der Waals surface area contributed by atoms with Crippen LogP contribution in [0.3, 0.4) is 0 Å². The molecular formula is C19H22IN3O3S2. The fourth-order valence-electron chi connectivity index (χ4n) is 2.54. The van der Waals surface area contributed by atoms with Crippen LogP contribution in [-0.4, -0.2) is 23.3 Å². The molecule has 0 unspecified atom stereocenters. The molecule has 3 rings (SSSR count). The van der Waals surface area contributed by atoms with Gasteiger partial charge < -0.3 is 4.98 Å². The van der Waals surface area contributed by atoms with E-state index in [0.29, 0.717) is 17.7 Å². The van der Waals surface area contributed by atoms with E-state index in [1.54, 1.807) is 30.5 Å². The van der Waals surface area contributed by atoms with Gasteiger partial charge in [-0.15, -0.1) is 11.3 Å². The third-order valence-electron chi connectivity index (χ3n) is 3.98. The summed E-state index contributed by atoms with van der Waals surface area (Å²) in [6, 6.07) is 10.5. The van der Waals surface area contributed by atoms with E-state index in [-0.39, 0.29) is 16.3 Å². The summed E-state index contributed by atoms with van der Waals surface area (Å²) >= 11 is 3.32. The number of aryl methyl sites for hydroxylation is 2. The molecule has 0 bridgehead atoms. The third-order valence-corrected chi connectivity index (χ3v) is 6.99. The van der Waals surface area contributed by atoms with Gasteiger partial charge in [0.1, 0.15) is 4.21 Å². The van der Waals surface area contributed by atoms with Crippen molar-refractivity contribution < 1.29 is 8.42 Å². The van der Waals surface area contributed by atoms with Gasteiger partial charge in [-0.2, -0.15) is 0 Å². The standard InChI is InChI=1S/C18H19N3O3S2.CH3I/c1-3-13-10-15(12(2)21-18(13)22)16-7-8-17(25-16)26(23,24)20-11-14-6-4-5-9-19-14;1-2/h4-10,20H,3,11H2,1-2H3,(H,21,22);1H3. The van der Waals surface area contributed by atoms with Crippen molar-refractivity contribution in [3.05, 3.63) is 69.9 Å². The maximum atomic E-state index is 12.5. The summed E-state index contributed by atoms with van der Waals surface area (Å²) in [4.78, 5) is 21.6. The number of rotatable bonds is 6. The monoisotopic (exact) mass is 531 g/mol. The minimum absolute atomic E-state index is 0.102. The van der Waals surface area contributed by atoms with Crippen molar-refractivity contribution in [2.45, 2.75) is 31.0 Å². The van der Waals surface area contributed by atoms with Gasteiger partial charge in [0.25, 0.3) is 5.56 Å². The number of H-pyrrole nitrogens is 1. The zero-order valence-electron chi connectivity index (χ0n) is 15.8. The Hall–Kier alpha value is -1.56. The number of thiophene rings is 1. The van der Waals surface area contributed by atoms with Gasteiger partial charge in [0.15, 0.2) is 0 Å². The van der Waals surface area contributed by atoms with Gasteiger partial charge in [0.2, 0.25) is 10.0 Å². The molecule has 0 atom stereocenters. The normalized spacial score (nSPS) is 11.0. The molecule has 2 N–H and O–H groups in total. The van der Waals surface area contributed by atoms with Crippen molar-refractivity contribution in [1.29, 1.82) is 0 Å². The topological polar surface area (TPSA) is 91.9 Å². The predicted octanol–water partition coefficient (Wildman–Crippen LogP) is 3.90. The fraction of sp³-hybridized carbons (Fsp3) is 0.263. The van der Waals surface area contributed by atoms with Crippen molar-refractivity contribution in [3.8, 4) is 10.4 Å². The molecule has 150 valence electrons. The average molecular weight is 531 g/mol. The number of hydrogen-bond acceptors (Lipinski definition) is 5. The summed E-state index contributed by atoms with van der Waals surface area (Å²) in [5.74, 6) is 0. The van der Waals surface area contributed by atoms with E-state index in [0.717, 1.165) is 16.1 Å². The van der Waals surface area contributed by atoms with Gasteiger partial charge in [-0.05, 0) is 48.6 Å². The Morgan fingerprint density at radius 1 is 1.21 bits per heavy atom. The summed E-state index contributed by atoms with van der Waals surface area (Å²) in [6.45, 7) is 3.85. The molecule has 0 radical (unpaired) electrons. The van der Waals surface area contributed by atoms with E-state index in [1.165, 1.54) is 11.3 Å². The van der Waals surface area contributed by atoms with Gasteiger partial charge in [-0.1, -0.05) is 35.6 Å². The summed E-state index contributed by atoms with van der Waals surface area (Å²) in [5.41, 5.74) is 2.79. The summed E-state index contributed by atoms with van der Waals surface area (Å²) in [6.07, 6.45) is 2.24. The molecule has 3 heterocycles. The van der Waals surface area contributed by atoms with E-state index in [9.17, 15) is 13.2 Å². The Labute approximate surface area is 182 Å². The molecule has 0 fully saturated rings. The number of pyridine rings is 2. The number of nitrogens with one attached hydrogen (secondary N) is 2. The van der Waals surface area contributed by atoms with E-state index in [1.807, 2.05) is 30.9 Å². The first-order valence-corrected chi connectivity index (χ1v) is 13.0. The molecule has 3 aromatic rings. The first kappa shape index (κ1) is 22.7. The number of aromatic nitrogens is 2. The molecule has 0 aliphatic heterocycles. The van der Waals surface area contributed by atoms with Crippen molar-refractivity contribution in [2.75, 3.05) is 4.93 Å². The van der Waals surface area contributed by atoms with E-state index in [2.05, 4.69) is 37.3 Å². The smallest absolute Gasteiger partial charge is 0.251 e. The van der Waals surface area contributed by atoms with Gasteiger partial charge in [0.05, 0.1) is 12.2 Å². The molecular weight excluding hydrogens is 509 g/mol. The molecule has 0 aromatic carbocycles. The van der Waals surface area contributed by atoms with E-state index in [4.69, 9.17) is 0 Å². The second kappa shape index (κ2) is 10.3. The van der Waals surface area contributed by atoms with Gasteiger partial charge in [-0.3, -0.25) is 9.78 Å². The van der Waals surface area contributed by atoms with Crippen LogP contribution < -0.4 is 10.3 Å². The summed E-state index contributed by atoms with van der Waals surface area (Å²) in [7, 11) is -3.63. The fourth-order valence-corrected chi connectivity index (χ4v) is 4.96. The number of alkyl halides is 1. The molecule has 28 heavy (non-hydrogen) atoms. The Balaban J connectivity index is 0.00000136. The van der Waals surface area contributed by atoms with Crippen LogP contribution in [0.25, 0.3) is 10.4 Å². The molecule has 9 heteroatoms. The van der Waals surface area contributed by atoms with Crippen LogP contribution >= 0.6 is 33.9 Å². The lowest BCUT2D eigenvalue weighted by Gasteiger charge is -2.06. The number of halogens is 1. The van der Waals surface area contributed by atoms with Crippen LogP contribution in [0.15, 0.2) is 51.6 Å². The summed E-state index contributed by atoms with van der Waals surface area (Å²) < 4.78 is 27.8. The van der Waals surface area contributed by atoms with Crippen LogP contribution in [-0.2, 0) is 23.0 Å². The Kier molecular flexibility index (Phi) is 8.35. The summed E-state index contributed by atoms with van der Waals surface area (Å²) in [5, 5.41) is 0. The highest BCUT2D eigenvalue weighted by Gasteiger charge is 2.18. The lowest BCUT2D eigenvalue weighted by molar-refractivity contribution is 0.582. The van der Waals surface area contributed by atoms with Crippen molar-refractivity contribution in [3.63, 3.8) is 0 Å². The molecule has 0 saturated carbocycles. The van der Waals surface area contributed by atoms with E-state index < -0.39 is 10.0 Å². The Morgan fingerprint density at radius 3 is 2.61 bits per heavy atom. The number of sulfonamides is 1. The molecule has 0 amide bonds. The Bertz CT molecular complexity index is 1080. The minimum atomic E-state index is -3.63. The molecule has 0 saturated heterocycles. The van der Waals surface area contributed by atoms with Crippen LogP contribution in [0, 0.1) is 6.92 Å². The highest BCUT2D eigenvalue weighted by molar-refractivity contribution is 14.1. The lowest BCUT2D eigenvalue weighted by atomic mass is 10.1. The third kappa shape index (κ3) is 5.49. The second-order valence-corrected chi connectivity index (χ2v) is 8.86. The minimum Gasteiger partial charge on any atom is -0.326 e.